The lowest BCUT2D eigenvalue weighted by Gasteiger charge is -2.18. The number of hydrogen-bond acceptors (Lipinski definition) is 2. The van der Waals surface area contributed by atoms with Crippen LogP contribution in [0.3, 0.4) is 0 Å². The summed E-state index contributed by atoms with van der Waals surface area (Å²) in [5.74, 6) is 5.45. The number of rotatable bonds is 4. The summed E-state index contributed by atoms with van der Waals surface area (Å²) in [6, 6.07) is 10.9. The van der Waals surface area contributed by atoms with Crippen LogP contribution in [0.5, 0.6) is 0 Å². The fraction of sp³-hybridized carbons (Fsp3) is 0.250. The van der Waals surface area contributed by atoms with Gasteiger partial charge in [-0.15, -0.1) is 0 Å². The predicted octanol–water partition coefficient (Wildman–Crippen LogP) is 3.95. The molecule has 20 heavy (non-hydrogen) atoms. The smallest absolute Gasteiger partial charge is 0.123 e. The van der Waals surface area contributed by atoms with Gasteiger partial charge in [0.2, 0.25) is 0 Å². The van der Waals surface area contributed by atoms with Gasteiger partial charge >= 0.3 is 0 Å². The predicted molar refractivity (Wildman–Crippen MR) is 83.8 cm³/mol. The molecule has 0 aliphatic heterocycles. The van der Waals surface area contributed by atoms with Crippen molar-refractivity contribution < 1.29 is 4.39 Å². The number of aryl methyl sites for hydroxylation is 2. The van der Waals surface area contributed by atoms with Crippen LogP contribution >= 0.6 is 15.9 Å². The highest BCUT2D eigenvalue weighted by atomic mass is 79.9. The van der Waals surface area contributed by atoms with E-state index >= 15 is 0 Å². The van der Waals surface area contributed by atoms with E-state index in [4.69, 9.17) is 5.84 Å². The van der Waals surface area contributed by atoms with Crippen LogP contribution in [0.2, 0.25) is 0 Å². The molecule has 2 nitrogen and oxygen atoms in total. The molecule has 1 atom stereocenters. The van der Waals surface area contributed by atoms with Gasteiger partial charge in [-0.25, -0.2) is 4.39 Å². The molecule has 3 N–H and O–H groups in total. The van der Waals surface area contributed by atoms with E-state index < -0.39 is 0 Å². The van der Waals surface area contributed by atoms with Crippen molar-refractivity contribution in [3.63, 3.8) is 0 Å². The molecule has 0 saturated heterocycles. The molecule has 0 amide bonds. The minimum absolute atomic E-state index is 0.0487. The van der Waals surface area contributed by atoms with Crippen molar-refractivity contribution in [1.29, 1.82) is 0 Å². The SMILES string of the molecule is Cc1ccc(C(Cc2cc(F)ccc2C)NN)cc1Br. The van der Waals surface area contributed by atoms with E-state index in [0.29, 0.717) is 6.42 Å². The number of halogens is 2. The largest absolute Gasteiger partial charge is 0.271 e. The Morgan fingerprint density at radius 3 is 2.50 bits per heavy atom. The first-order chi connectivity index (χ1) is 9.51. The molecule has 0 heterocycles. The monoisotopic (exact) mass is 336 g/mol. The highest BCUT2D eigenvalue weighted by Gasteiger charge is 2.13. The molecule has 0 aromatic heterocycles. The Morgan fingerprint density at radius 2 is 1.85 bits per heavy atom. The van der Waals surface area contributed by atoms with Gasteiger partial charge in [0.25, 0.3) is 0 Å². The molecule has 0 fully saturated rings. The van der Waals surface area contributed by atoms with Crippen molar-refractivity contribution in [3.05, 3.63) is 68.9 Å². The Bertz CT molecular complexity index is 613. The maximum absolute atomic E-state index is 13.4. The quantitative estimate of drug-likeness (QED) is 0.655. The Hall–Kier alpha value is -1.23. The molecule has 0 bridgehead atoms. The van der Waals surface area contributed by atoms with Crippen LogP contribution < -0.4 is 11.3 Å². The molecule has 1 unspecified atom stereocenters. The molecule has 2 aromatic carbocycles. The summed E-state index contributed by atoms with van der Waals surface area (Å²) in [6.07, 6.45) is 0.648. The Morgan fingerprint density at radius 1 is 1.15 bits per heavy atom. The zero-order chi connectivity index (χ0) is 14.7. The summed E-state index contributed by atoms with van der Waals surface area (Å²) in [6.45, 7) is 4.02. The number of nitrogens with one attached hydrogen (secondary N) is 1. The van der Waals surface area contributed by atoms with Crippen molar-refractivity contribution in [1.82, 2.24) is 5.43 Å². The third-order valence-corrected chi connectivity index (χ3v) is 4.39. The maximum atomic E-state index is 13.4. The molecule has 2 rings (SSSR count). The molecule has 0 aliphatic carbocycles. The lowest BCUT2D eigenvalue weighted by molar-refractivity contribution is 0.547. The summed E-state index contributed by atoms with van der Waals surface area (Å²) in [4.78, 5) is 0. The summed E-state index contributed by atoms with van der Waals surface area (Å²) in [5, 5.41) is 0. The molecule has 2 aromatic rings. The van der Waals surface area contributed by atoms with E-state index in [9.17, 15) is 4.39 Å². The highest BCUT2D eigenvalue weighted by molar-refractivity contribution is 9.10. The third-order valence-electron chi connectivity index (χ3n) is 3.53. The third kappa shape index (κ3) is 3.45. The van der Waals surface area contributed by atoms with Crippen LogP contribution in [0.1, 0.15) is 28.3 Å². The number of hydrogen-bond donors (Lipinski definition) is 2. The molecule has 0 spiro atoms. The van der Waals surface area contributed by atoms with Gasteiger partial charge in [-0.3, -0.25) is 11.3 Å². The lowest BCUT2D eigenvalue weighted by Crippen LogP contribution is -2.29. The maximum Gasteiger partial charge on any atom is 0.123 e. The molecular formula is C16H18BrFN2. The number of hydrazine groups is 1. The number of benzene rings is 2. The Kier molecular flexibility index (Phi) is 4.91. The van der Waals surface area contributed by atoms with Crippen molar-refractivity contribution in [3.8, 4) is 0 Å². The van der Waals surface area contributed by atoms with Crippen molar-refractivity contribution in [2.75, 3.05) is 0 Å². The van der Waals surface area contributed by atoms with E-state index in [1.807, 2.05) is 26.0 Å². The summed E-state index contributed by atoms with van der Waals surface area (Å²) < 4.78 is 14.4. The standard InChI is InChI=1S/C16H18BrFN2/c1-10-4-6-14(18)7-13(10)9-16(20-19)12-5-3-11(2)15(17)8-12/h3-8,16,20H,9,19H2,1-2H3. The van der Waals surface area contributed by atoms with Gasteiger partial charge in [-0.2, -0.15) is 0 Å². The molecule has 0 radical (unpaired) electrons. The lowest BCUT2D eigenvalue weighted by atomic mass is 9.96. The minimum atomic E-state index is -0.216. The van der Waals surface area contributed by atoms with Crippen LogP contribution in [0.4, 0.5) is 4.39 Å². The molecule has 0 saturated carbocycles. The second-order valence-corrected chi connectivity index (χ2v) is 5.86. The van der Waals surface area contributed by atoms with E-state index in [-0.39, 0.29) is 11.9 Å². The van der Waals surface area contributed by atoms with Crippen molar-refractivity contribution in [2.24, 2.45) is 5.84 Å². The van der Waals surface area contributed by atoms with Crippen LogP contribution in [-0.2, 0) is 6.42 Å². The van der Waals surface area contributed by atoms with Gasteiger partial charge in [0.15, 0.2) is 0 Å². The van der Waals surface area contributed by atoms with Gasteiger partial charge in [0.05, 0.1) is 6.04 Å². The van der Waals surface area contributed by atoms with Crippen LogP contribution in [0.25, 0.3) is 0 Å². The fourth-order valence-corrected chi connectivity index (χ4v) is 2.58. The minimum Gasteiger partial charge on any atom is -0.271 e. The van der Waals surface area contributed by atoms with Gasteiger partial charge < -0.3 is 0 Å². The average Bonchev–Trinajstić information content (AvgIpc) is 2.43. The molecule has 106 valence electrons. The van der Waals surface area contributed by atoms with Crippen molar-refractivity contribution in [2.45, 2.75) is 26.3 Å². The summed E-state index contributed by atoms with van der Waals surface area (Å²) >= 11 is 3.53. The first-order valence-electron chi connectivity index (χ1n) is 6.48. The number of nitrogens with two attached hydrogens (primary N) is 1. The van der Waals surface area contributed by atoms with Gasteiger partial charge in [0, 0.05) is 4.47 Å². The second kappa shape index (κ2) is 6.48. The van der Waals surface area contributed by atoms with Gasteiger partial charge in [0.1, 0.15) is 5.82 Å². The highest BCUT2D eigenvalue weighted by Crippen LogP contribution is 2.25. The van der Waals surface area contributed by atoms with Gasteiger partial charge in [-0.05, 0) is 60.7 Å². The normalized spacial score (nSPS) is 12.4. The van der Waals surface area contributed by atoms with E-state index in [1.165, 1.54) is 11.6 Å². The first-order valence-corrected chi connectivity index (χ1v) is 7.27. The average molecular weight is 337 g/mol. The molecule has 0 aliphatic rings. The second-order valence-electron chi connectivity index (χ2n) is 5.00. The zero-order valence-corrected chi connectivity index (χ0v) is 13.2. The molecular weight excluding hydrogens is 319 g/mol. The van der Waals surface area contributed by atoms with Crippen LogP contribution in [0.15, 0.2) is 40.9 Å². The van der Waals surface area contributed by atoms with Gasteiger partial charge in [-0.1, -0.05) is 34.1 Å². The van der Waals surface area contributed by atoms with Crippen LogP contribution in [-0.4, -0.2) is 0 Å². The Labute approximate surface area is 127 Å². The molecule has 4 heteroatoms. The van der Waals surface area contributed by atoms with E-state index in [0.717, 1.165) is 21.2 Å². The topological polar surface area (TPSA) is 38.0 Å². The van der Waals surface area contributed by atoms with Crippen LogP contribution in [0, 0.1) is 19.7 Å². The fourth-order valence-electron chi connectivity index (χ4n) is 2.18. The summed E-state index contributed by atoms with van der Waals surface area (Å²) in [5.41, 5.74) is 7.10. The van der Waals surface area contributed by atoms with E-state index in [1.54, 1.807) is 12.1 Å². The summed E-state index contributed by atoms with van der Waals surface area (Å²) in [7, 11) is 0. The van der Waals surface area contributed by atoms with E-state index in [2.05, 4.69) is 27.4 Å². The van der Waals surface area contributed by atoms with Crippen molar-refractivity contribution >= 4 is 15.9 Å². The zero-order valence-electron chi connectivity index (χ0n) is 11.6. The first kappa shape index (κ1) is 15.2. The Balaban J connectivity index is 2.28.